The number of hydrogen-bond acceptors (Lipinski definition) is 7. The molecule has 140 valence electrons. The van der Waals surface area contributed by atoms with Crippen molar-refractivity contribution in [1.29, 1.82) is 0 Å². The highest BCUT2D eigenvalue weighted by Crippen LogP contribution is 2.40. The number of hydrogen-bond donors (Lipinski definition) is 3. The molecular weight excluding hydrogens is 356 g/mol. The summed E-state index contributed by atoms with van der Waals surface area (Å²) < 4.78 is 4.81. The van der Waals surface area contributed by atoms with Crippen LogP contribution in [0.4, 0.5) is 11.4 Å². The van der Waals surface area contributed by atoms with Gasteiger partial charge in [0.2, 0.25) is 17.8 Å². The molecule has 1 fully saturated rings. The van der Waals surface area contributed by atoms with Gasteiger partial charge in [-0.05, 0) is 43.9 Å². The van der Waals surface area contributed by atoms with Gasteiger partial charge in [-0.1, -0.05) is 18.0 Å². The summed E-state index contributed by atoms with van der Waals surface area (Å²) in [5, 5.41) is 3.10. The molecule has 0 saturated heterocycles. The zero-order chi connectivity index (χ0) is 18.7. The Bertz CT molecular complexity index is 758. The summed E-state index contributed by atoms with van der Waals surface area (Å²) in [6.07, 6.45) is 4.92. The van der Waals surface area contributed by atoms with Crippen LogP contribution in [0.25, 0.3) is 0 Å². The predicted molar refractivity (Wildman–Crippen MR) is 103 cm³/mol. The van der Waals surface area contributed by atoms with Gasteiger partial charge in [0, 0.05) is 12.8 Å². The van der Waals surface area contributed by atoms with Crippen LogP contribution in [0, 0.1) is 0 Å². The van der Waals surface area contributed by atoms with Crippen LogP contribution < -0.4 is 21.7 Å². The van der Waals surface area contributed by atoms with E-state index in [0.717, 1.165) is 37.8 Å². The maximum atomic E-state index is 11.7. The molecule has 0 atom stereocenters. The summed E-state index contributed by atoms with van der Waals surface area (Å²) in [5.41, 5.74) is 12.8. The minimum atomic E-state index is -0.529. The van der Waals surface area contributed by atoms with Crippen LogP contribution in [-0.2, 0) is 9.53 Å². The number of halogens is 1. The topological polar surface area (TPSA) is 118 Å². The Morgan fingerprint density at radius 3 is 2.73 bits per heavy atom. The fourth-order valence-corrected chi connectivity index (χ4v) is 3.78. The number of carbonyl (C=O) groups excluding carboxylic acids is 1. The number of aliphatic imine (C=N–C) groups is 2. The third-order valence-electron chi connectivity index (χ3n) is 4.61. The molecule has 0 aromatic heterocycles. The van der Waals surface area contributed by atoms with Crippen molar-refractivity contribution in [3.8, 4) is 0 Å². The molecule has 1 aromatic rings. The lowest BCUT2D eigenvalue weighted by Gasteiger charge is -2.45. The van der Waals surface area contributed by atoms with Crippen molar-refractivity contribution in [2.24, 2.45) is 21.5 Å². The lowest BCUT2D eigenvalue weighted by atomic mass is 9.87. The fraction of sp³-hybridized carbons (Fsp3) is 0.471. The van der Waals surface area contributed by atoms with E-state index in [4.69, 9.17) is 27.8 Å². The second-order valence-electron chi connectivity index (χ2n) is 6.46. The molecule has 5 N–H and O–H groups in total. The molecule has 26 heavy (non-hydrogen) atoms. The van der Waals surface area contributed by atoms with Crippen LogP contribution in [0.2, 0.25) is 5.02 Å². The molecule has 1 spiro atoms. The molecule has 1 aromatic carbocycles. The number of guanidine groups is 2. The fourth-order valence-electron chi connectivity index (χ4n) is 3.56. The van der Waals surface area contributed by atoms with E-state index in [9.17, 15) is 4.79 Å². The number of anilines is 2. The van der Waals surface area contributed by atoms with E-state index < -0.39 is 5.66 Å². The second kappa shape index (κ2) is 7.51. The number of nitrogens with one attached hydrogen (secondary N) is 1. The number of nitrogens with zero attached hydrogens (tertiary/aromatic N) is 3. The largest absolute Gasteiger partial charge is 0.375 e. The lowest BCUT2D eigenvalue weighted by Crippen LogP contribution is -2.58. The van der Waals surface area contributed by atoms with Gasteiger partial charge in [0.25, 0.3) is 0 Å². The Labute approximate surface area is 157 Å². The van der Waals surface area contributed by atoms with Crippen molar-refractivity contribution in [2.45, 2.75) is 37.8 Å². The van der Waals surface area contributed by atoms with Gasteiger partial charge in [0.15, 0.2) is 0 Å². The number of nitrogens with two attached hydrogens (primary N) is 2. The third-order valence-corrected chi connectivity index (χ3v) is 4.92. The summed E-state index contributed by atoms with van der Waals surface area (Å²) in [4.78, 5) is 22.4. The van der Waals surface area contributed by atoms with Gasteiger partial charge >= 0.3 is 0 Å². The number of carbonyl (C=O) groups is 1. The Morgan fingerprint density at radius 2 is 2.08 bits per heavy atom. The van der Waals surface area contributed by atoms with Crippen molar-refractivity contribution in [3.63, 3.8) is 0 Å². The van der Waals surface area contributed by atoms with Gasteiger partial charge < -0.3 is 21.5 Å². The van der Waals surface area contributed by atoms with Crippen molar-refractivity contribution in [1.82, 2.24) is 0 Å². The summed E-state index contributed by atoms with van der Waals surface area (Å²) in [7, 11) is 1.46. The standard InChI is InChI=1S/C17H23ClN6O2/c1-26-10-14(25)21-13-6-5-11(9-12(13)18)24-16(20)22-15(19)23-17(24)7-3-2-4-8-17/h5-6,9H,2-4,7-8,10H2,1H3,(H,21,25)(H4,19,20,22,23). The summed E-state index contributed by atoms with van der Waals surface area (Å²) >= 11 is 6.37. The maximum absolute atomic E-state index is 11.7. The molecule has 3 rings (SSSR count). The first kappa shape index (κ1) is 18.5. The van der Waals surface area contributed by atoms with E-state index in [1.807, 2.05) is 11.0 Å². The average molecular weight is 379 g/mol. The number of methoxy groups -OCH3 is 1. The van der Waals surface area contributed by atoms with Gasteiger partial charge in [-0.2, -0.15) is 4.99 Å². The molecular formula is C17H23ClN6O2. The first-order chi connectivity index (χ1) is 12.4. The Hall–Kier alpha value is -2.32. The van der Waals surface area contributed by atoms with Crippen LogP contribution in [0.5, 0.6) is 0 Å². The molecule has 2 aliphatic rings. The number of ether oxygens (including phenoxy) is 1. The molecule has 1 amide bonds. The normalized spacial score (nSPS) is 19.1. The molecule has 1 aliphatic heterocycles. The summed E-state index contributed by atoms with van der Waals surface area (Å²) in [6, 6.07) is 5.32. The van der Waals surface area contributed by atoms with Crippen LogP contribution in [-0.4, -0.2) is 37.2 Å². The van der Waals surface area contributed by atoms with Crippen LogP contribution in [0.1, 0.15) is 32.1 Å². The number of benzene rings is 1. The van der Waals surface area contributed by atoms with E-state index in [2.05, 4.69) is 15.3 Å². The molecule has 0 bridgehead atoms. The van der Waals surface area contributed by atoms with Crippen molar-refractivity contribution in [2.75, 3.05) is 23.9 Å². The molecule has 1 heterocycles. The number of amides is 1. The molecule has 9 heteroatoms. The molecule has 1 saturated carbocycles. The SMILES string of the molecule is COCC(=O)Nc1ccc(N2C(N)=NC(N)=NC23CCCCC3)cc1Cl. The van der Waals surface area contributed by atoms with Crippen LogP contribution in [0.15, 0.2) is 28.2 Å². The van der Waals surface area contributed by atoms with Gasteiger partial charge in [-0.3, -0.25) is 9.69 Å². The van der Waals surface area contributed by atoms with E-state index >= 15 is 0 Å². The zero-order valence-corrected chi connectivity index (χ0v) is 15.4. The van der Waals surface area contributed by atoms with E-state index in [-0.39, 0.29) is 18.5 Å². The minimum Gasteiger partial charge on any atom is -0.375 e. The predicted octanol–water partition coefficient (Wildman–Crippen LogP) is 2.03. The average Bonchev–Trinajstić information content (AvgIpc) is 2.57. The van der Waals surface area contributed by atoms with Crippen molar-refractivity contribution < 1.29 is 9.53 Å². The van der Waals surface area contributed by atoms with E-state index in [1.54, 1.807) is 12.1 Å². The highest BCUT2D eigenvalue weighted by Gasteiger charge is 2.42. The zero-order valence-electron chi connectivity index (χ0n) is 14.7. The van der Waals surface area contributed by atoms with Gasteiger partial charge in [0.05, 0.1) is 10.7 Å². The highest BCUT2D eigenvalue weighted by atomic mass is 35.5. The Kier molecular flexibility index (Phi) is 5.33. The first-order valence-electron chi connectivity index (χ1n) is 8.53. The first-order valence-corrected chi connectivity index (χ1v) is 8.91. The van der Waals surface area contributed by atoms with Gasteiger partial charge in [-0.15, -0.1) is 0 Å². The maximum Gasteiger partial charge on any atom is 0.250 e. The van der Waals surface area contributed by atoms with Crippen molar-refractivity contribution >= 4 is 40.8 Å². The van der Waals surface area contributed by atoms with E-state index in [1.165, 1.54) is 7.11 Å². The summed E-state index contributed by atoms with van der Waals surface area (Å²) in [5.74, 6) is 0.226. The molecule has 8 nitrogen and oxygen atoms in total. The lowest BCUT2D eigenvalue weighted by molar-refractivity contribution is -0.119. The second-order valence-corrected chi connectivity index (χ2v) is 6.87. The minimum absolute atomic E-state index is 0.0408. The molecule has 1 aliphatic carbocycles. The molecule has 0 unspecified atom stereocenters. The van der Waals surface area contributed by atoms with Gasteiger partial charge in [-0.25, -0.2) is 4.99 Å². The van der Waals surface area contributed by atoms with E-state index in [0.29, 0.717) is 16.7 Å². The Morgan fingerprint density at radius 1 is 1.35 bits per heavy atom. The van der Waals surface area contributed by atoms with Crippen molar-refractivity contribution in [3.05, 3.63) is 23.2 Å². The van der Waals surface area contributed by atoms with Crippen LogP contribution in [0.3, 0.4) is 0 Å². The summed E-state index contributed by atoms with van der Waals surface area (Å²) in [6.45, 7) is -0.0408. The third kappa shape index (κ3) is 3.61. The molecule has 0 radical (unpaired) electrons. The highest BCUT2D eigenvalue weighted by molar-refractivity contribution is 6.34. The number of rotatable bonds is 4. The Balaban J connectivity index is 1.92. The smallest absolute Gasteiger partial charge is 0.250 e. The monoisotopic (exact) mass is 378 g/mol. The quantitative estimate of drug-likeness (QED) is 0.740. The van der Waals surface area contributed by atoms with Crippen LogP contribution >= 0.6 is 11.6 Å². The van der Waals surface area contributed by atoms with Gasteiger partial charge in [0.1, 0.15) is 12.3 Å².